The zero-order valence-corrected chi connectivity index (χ0v) is 19.3. The number of nitrogens with zero attached hydrogens (tertiary/aromatic N) is 2. The molecular formula is C24H26N4O3S. The van der Waals surface area contributed by atoms with E-state index in [4.69, 9.17) is 0 Å². The lowest BCUT2D eigenvalue weighted by Crippen LogP contribution is -2.15. The van der Waals surface area contributed by atoms with Crippen LogP contribution in [-0.2, 0) is 14.8 Å². The summed E-state index contributed by atoms with van der Waals surface area (Å²) in [5.74, 6) is 0.828. The summed E-state index contributed by atoms with van der Waals surface area (Å²) < 4.78 is 27.7. The molecule has 3 rings (SSSR count). The van der Waals surface area contributed by atoms with E-state index in [-0.39, 0.29) is 16.6 Å². The second kappa shape index (κ2) is 9.74. The van der Waals surface area contributed by atoms with E-state index in [0.717, 1.165) is 5.56 Å². The summed E-state index contributed by atoms with van der Waals surface area (Å²) in [7, 11) is -3.82. The Kier molecular flexibility index (Phi) is 7.05. The standard InChI is InChI=1S/C24H26N4O3S/c1-16(2)20-8-5-19(6-9-20)7-14-24(29)27-21-10-12-22(13-11-21)32(30,31)28-23-15-17(3)25-18(4)26-23/h5-16H,1-4H3,(H,27,29)(H,25,26,28). The number of anilines is 2. The van der Waals surface area contributed by atoms with Crippen molar-refractivity contribution in [3.8, 4) is 0 Å². The van der Waals surface area contributed by atoms with Gasteiger partial charge in [0.1, 0.15) is 11.6 Å². The van der Waals surface area contributed by atoms with Gasteiger partial charge in [-0.3, -0.25) is 9.52 Å². The Hall–Kier alpha value is -3.52. The van der Waals surface area contributed by atoms with Crippen LogP contribution in [0.25, 0.3) is 6.08 Å². The van der Waals surface area contributed by atoms with Crippen molar-refractivity contribution in [3.05, 3.63) is 83.3 Å². The number of carbonyl (C=O) groups is 1. The summed E-state index contributed by atoms with van der Waals surface area (Å²) in [4.78, 5) is 20.5. The molecule has 2 aromatic carbocycles. The first-order valence-electron chi connectivity index (χ1n) is 10.2. The Morgan fingerprint density at radius 3 is 2.22 bits per heavy atom. The van der Waals surface area contributed by atoms with E-state index in [0.29, 0.717) is 23.1 Å². The molecule has 0 atom stereocenters. The number of benzene rings is 2. The molecule has 0 saturated heterocycles. The molecule has 2 N–H and O–H groups in total. The van der Waals surface area contributed by atoms with Crippen LogP contribution in [0.2, 0.25) is 0 Å². The van der Waals surface area contributed by atoms with Gasteiger partial charge in [-0.15, -0.1) is 0 Å². The molecule has 1 amide bonds. The molecule has 3 aromatic rings. The van der Waals surface area contributed by atoms with Crippen molar-refractivity contribution in [2.24, 2.45) is 0 Å². The van der Waals surface area contributed by atoms with E-state index in [1.807, 2.05) is 24.3 Å². The molecule has 0 aliphatic rings. The van der Waals surface area contributed by atoms with Crippen LogP contribution in [0.1, 0.15) is 42.4 Å². The molecule has 0 unspecified atom stereocenters. The Bertz CT molecular complexity index is 1210. The van der Waals surface area contributed by atoms with E-state index < -0.39 is 10.0 Å². The van der Waals surface area contributed by atoms with Crippen molar-refractivity contribution in [2.75, 3.05) is 10.0 Å². The lowest BCUT2D eigenvalue weighted by molar-refractivity contribution is -0.111. The lowest BCUT2D eigenvalue weighted by atomic mass is 10.0. The largest absolute Gasteiger partial charge is 0.323 e. The molecule has 0 radical (unpaired) electrons. The van der Waals surface area contributed by atoms with Crippen LogP contribution >= 0.6 is 0 Å². The van der Waals surface area contributed by atoms with Crippen LogP contribution in [0.15, 0.2) is 65.6 Å². The van der Waals surface area contributed by atoms with E-state index in [1.54, 1.807) is 26.0 Å². The molecule has 0 spiro atoms. The number of carbonyl (C=O) groups excluding carboxylic acids is 1. The summed E-state index contributed by atoms with van der Waals surface area (Å²) in [6, 6.07) is 15.5. The summed E-state index contributed by atoms with van der Waals surface area (Å²) in [6.45, 7) is 7.71. The molecule has 166 valence electrons. The Morgan fingerprint density at radius 2 is 1.62 bits per heavy atom. The molecule has 1 heterocycles. The van der Waals surface area contributed by atoms with Crippen molar-refractivity contribution >= 4 is 33.5 Å². The smallest absolute Gasteiger partial charge is 0.263 e. The normalized spacial score (nSPS) is 11.7. The van der Waals surface area contributed by atoms with Crippen molar-refractivity contribution in [3.63, 3.8) is 0 Å². The third kappa shape index (κ3) is 6.24. The average molecular weight is 451 g/mol. The van der Waals surface area contributed by atoms with Gasteiger partial charge in [0, 0.05) is 23.5 Å². The van der Waals surface area contributed by atoms with Crippen molar-refractivity contribution in [2.45, 2.75) is 38.5 Å². The summed E-state index contributed by atoms with van der Waals surface area (Å²) in [6.07, 6.45) is 3.17. The van der Waals surface area contributed by atoms with Crippen LogP contribution in [-0.4, -0.2) is 24.3 Å². The van der Waals surface area contributed by atoms with Crippen LogP contribution in [0, 0.1) is 13.8 Å². The minimum absolute atomic E-state index is 0.0604. The first-order chi connectivity index (χ1) is 15.1. The number of hydrogen-bond acceptors (Lipinski definition) is 5. The summed E-state index contributed by atoms with van der Waals surface area (Å²) in [5.41, 5.74) is 3.31. The van der Waals surface area contributed by atoms with Crippen molar-refractivity contribution < 1.29 is 13.2 Å². The molecule has 1 aromatic heterocycles. The highest BCUT2D eigenvalue weighted by molar-refractivity contribution is 7.92. The fourth-order valence-electron chi connectivity index (χ4n) is 3.03. The van der Waals surface area contributed by atoms with Gasteiger partial charge in [-0.2, -0.15) is 0 Å². The first-order valence-corrected chi connectivity index (χ1v) is 11.6. The maximum Gasteiger partial charge on any atom is 0.263 e. The average Bonchev–Trinajstić information content (AvgIpc) is 2.72. The van der Waals surface area contributed by atoms with Crippen LogP contribution in [0.4, 0.5) is 11.5 Å². The zero-order chi connectivity index (χ0) is 23.3. The monoisotopic (exact) mass is 450 g/mol. The van der Waals surface area contributed by atoms with Gasteiger partial charge in [0.05, 0.1) is 4.90 Å². The van der Waals surface area contributed by atoms with E-state index >= 15 is 0 Å². The van der Waals surface area contributed by atoms with Gasteiger partial charge in [-0.1, -0.05) is 38.1 Å². The number of amides is 1. The highest BCUT2D eigenvalue weighted by Gasteiger charge is 2.15. The molecule has 0 aliphatic carbocycles. The van der Waals surface area contributed by atoms with E-state index in [9.17, 15) is 13.2 Å². The van der Waals surface area contributed by atoms with Gasteiger partial charge in [0.2, 0.25) is 5.91 Å². The number of aryl methyl sites for hydroxylation is 2. The maximum absolute atomic E-state index is 12.6. The third-order valence-electron chi connectivity index (χ3n) is 4.67. The Morgan fingerprint density at radius 1 is 0.969 bits per heavy atom. The van der Waals surface area contributed by atoms with Crippen LogP contribution in [0.3, 0.4) is 0 Å². The highest BCUT2D eigenvalue weighted by atomic mass is 32.2. The fourth-order valence-corrected chi connectivity index (χ4v) is 4.02. The van der Waals surface area contributed by atoms with E-state index in [2.05, 4.69) is 33.9 Å². The van der Waals surface area contributed by atoms with Crippen molar-refractivity contribution in [1.82, 2.24) is 9.97 Å². The van der Waals surface area contributed by atoms with Gasteiger partial charge < -0.3 is 5.32 Å². The van der Waals surface area contributed by atoms with Crippen LogP contribution in [0.5, 0.6) is 0 Å². The fraction of sp³-hybridized carbons (Fsp3) is 0.208. The second-order valence-electron chi connectivity index (χ2n) is 7.72. The Balaban J connectivity index is 1.63. The number of nitrogens with one attached hydrogen (secondary N) is 2. The molecule has 0 aliphatic heterocycles. The third-order valence-corrected chi connectivity index (χ3v) is 6.04. The molecule has 8 heteroatoms. The molecule has 0 bridgehead atoms. The molecule has 32 heavy (non-hydrogen) atoms. The van der Waals surface area contributed by atoms with Gasteiger partial charge in [0.25, 0.3) is 10.0 Å². The highest BCUT2D eigenvalue weighted by Crippen LogP contribution is 2.18. The topological polar surface area (TPSA) is 101 Å². The van der Waals surface area contributed by atoms with Crippen molar-refractivity contribution in [1.29, 1.82) is 0 Å². The lowest BCUT2D eigenvalue weighted by Gasteiger charge is -2.09. The van der Waals surface area contributed by atoms with E-state index in [1.165, 1.54) is 35.9 Å². The summed E-state index contributed by atoms with van der Waals surface area (Å²) >= 11 is 0. The predicted octanol–water partition coefficient (Wildman–Crippen LogP) is 4.67. The minimum Gasteiger partial charge on any atom is -0.323 e. The molecule has 7 nitrogen and oxygen atoms in total. The van der Waals surface area contributed by atoms with Gasteiger partial charge in [-0.25, -0.2) is 18.4 Å². The van der Waals surface area contributed by atoms with Crippen LogP contribution < -0.4 is 10.0 Å². The first kappa shape index (κ1) is 23.1. The molecule has 0 saturated carbocycles. The van der Waals surface area contributed by atoms with Gasteiger partial charge >= 0.3 is 0 Å². The maximum atomic E-state index is 12.6. The quantitative estimate of drug-likeness (QED) is 0.510. The number of hydrogen-bond donors (Lipinski definition) is 2. The van der Waals surface area contributed by atoms with Gasteiger partial charge in [0.15, 0.2) is 0 Å². The zero-order valence-electron chi connectivity index (χ0n) is 18.5. The molecular weight excluding hydrogens is 424 g/mol. The second-order valence-corrected chi connectivity index (χ2v) is 9.40. The molecule has 0 fully saturated rings. The number of aromatic nitrogens is 2. The Labute approximate surface area is 188 Å². The number of sulfonamides is 1. The number of rotatable bonds is 7. The predicted molar refractivity (Wildman–Crippen MR) is 127 cm³/mol. The van der Waals surface area contributed by atoms with Gasteiger partial charge in [-0.05, 0) is 61.2 Å². The SMILES string of the molecule is Cc1cc(NS(=O)(=O)c2ccc(NC(=O)C=Cc3ccc(C(C)C)cc3)cc2)nc(C)n1. The summed E-state index contributed by atoms with van der Waals surface area (Å²) in [5, 5.41) is 2.72. The minimum atomic E-state index is -3.82.